The molecule has 1 heterocycles. The molecule has 0 amide bonds. The summed E-state index contributed by atoms with van der Waals surface area (Å²) in [6.45, 7) is 2.73. The van der Waals surface area contributed by atoms with Crippen molar-refractivity contribution in [3.63, 3.8) is 0 Å². The molecule has 0 radical (unpaired) electrons. The third-order valence-electron chi connectivity index (χ3n) is 1.14. The van der Waals surface area contributed by atoms with Crippen molar-refractivity contribution in [1.29, 1.82) is 0 Å². The van der Waals surface area contributed by atoms with Crippen LogP contribution < -0.4 is 10.9 Å². The van der Waals surface area contributed by atoms with E-state index in [1.807, 2.05) is 29.5 Å². The zero-order chi connectivity index (χ0) is 8.27. The van der Waals surface area contributed by atoms with Crippen LogP contribution in [0.3, 0.4) is 0 Å². The third kappa shape index (κ3) is 1.92. The summed E-state index contributed by atoms with van der Waals surface area (Å²) in [6.07, 6.45) is 1.39. The van der Waals surface area contributed by atoms with Crippen molar-refractivity contribution in [1.82, 2.24) is 9.97 Å². The summed E-state index contributed by atoms with van der Waals surface area (Å²) in [6, 6.07) is 0. The van der Waals surface area contributed by atoms with Gasteiger partial charge in [0.25, 0.3) is 5.56 Å². The van der Waals surface area contributed by atoms with Crippen LogP contribution in [0.4, 0.5) is 5.82 Å². The Labute approximate surface area is 77.6 Å². The Kier molecular flexibility index (Phi) is 2.86. The smallest absolute Gasteiger partial charge is 0.266 e. The fourth-order valence-electron chi connectivity index (χ4n) is 0.674. The Bertz CT molecular complexity index is 296. The van der Waals surface area contributed by atoms with Crippen molar-refractivity contribution < 1.29 is 0 Å². The van der Waals surface area contributed by atoms with Crippen molar-refractivity contribution in [3.8, 4) is 0 Å². The molecule has 0 spiro atoms. The van der Waals surface area contributed by atoms with Crippen LogP contribution in [0.1, 0.15) is 6.92 Å². The van der Waals surface area contributed by atoms with Gasteiger partial charge in [0, 0.05) is 6.54 Å². The van der Waals surface area contributed by atoms with Crippen LogP contribution in [-0.4, -0.2) is 16.5 Å². The standard InChI is InChI=1S/C6H8IN3O/c1-2-8-5-4(7)6(11)10-3-9-5/h3H,2H2,1H3,(H2,8,9,10,11). The largest absolute Gasteiger partial charge is 0.369 e. The average Bonchev–Trinajstić information content (AvgIpc) is 1.99. The highest BCUT2D eigenvalue weighted by atomic mass is 127. The number of aromatic amines is 1. The van der Waals surface area contributed by atoms with Crippen LogP contribution in [0.2, 0.25) is 0 Å². The third-order valence-corrected chi connectivity index (χ3v) is 2.14. The molecule has 60 valence electrons. The van der Waals surface area contributed by atoms with E-state index in [0.29, 0.717) is 9.39 Å². The molecular formula is C6H8IN3O. The van der Waals surface area contributed by atoms with Gasteiger partial charge in [0.05, 0.1) is 6.33 Å². The van der Waals surface area contributed by atoms with Crippen molar-refractivity contribution in [2.24, 2.45) is 0 Å². The number of halogens is 1. The fraction of sp³-hybridized carbons (Fsp3) is 0.333. The summed E-state index contributed by atoms with van der Waals surface area (Å²) in [4.78, 5) is 17.4. The van der Waals surface area contributed by atoms with Crippen LogP contribution in [-0.2, 0) is 0 Å². The van der Waals surface area contributed by atoms with Crippen LogP contribution >= 0.6 is 22.6 Å². The summed E-state index contributed by atoms with van der Waals surface area (Å²) >= 11 is 1.96. The Balaban J connectivity index is 3.06. The molecule has 11 heavy (non-hydrogen) atoms. The van der Waals surface area contributed by atoms with E-state index in [-0.39, 0.29) is 5.56 Å². The number of anilines is 1. The Hall–Kier alpha value is -0.590. The molecule has 5 heteroatoms. The van der Waals surface area contributed by atoms with Gasteiger partial charge in [-0.1, -0.05) is 0 Å². The van der Waals surface area contributed by atoms with Crippen molar-refractivity contribution in [3.05, 3.63) is 20.3 Å². The quantitative estimate of drug-likeness (QED) is 0.778. The van der Waals surface area contributed by atoms with Crippen LogP contribution in [0.25, 0.3) is 0 Å². The molecule has 0 aliphatic rings. The second-order valence-electron chi connectivity index (χ2n) is 1.92. The van der Waals surface area contributed by atoms with Gasteiger partial charge in [-0.15, -0.1) is 0 Å². The molecule has 0 atom stereocenters. The first-order valence-electron chi connectivity index (χ1n) is 3.22. The lowest BCUT2D eigenvalue weighted by molar-refractivity contribution is 1.06. The molecule has 1 rings (SSSR count). The highest BCUT2D eigenvalue weighted by Crippen LogP contribution is 2.07. The van der Waals surface area contributed by atoms with Crippen molar-refractivity contribution in [2.45, 2.75) is 6.92 Å². The van der Waals surface area contributed by atoms with Crippen molar-refractivity contribution >= 4 is 28.4 Å². The second-order valence-corrected chi connectivity index (χ2v) is 3.00. The van der Waals surface area contributed by atoms with Crippen LogP contribution in [0.5, 0.6) is 0 Å². The molecular weight excluding hydrogens is 257 g/mol. The summed E-state index contributed by atoms with van der Waals surface area (Å²) in [5.41, 5.74) is -0.100. The summed E-state index contributed by atoms with van der Waals surface area (Å²) < 4.78 is 0.604. The van der Waals surface area contributed by atoms with Gasteiger partial charge >= 0.3 is 0 Å². The van der Waals surface area contributed by atoms with Gasteiger partial charge in [-0.3, -0.25) is 4.79 Å². The maximum atomic E-state index is 11.0. The minimum atomic E-state index is -0.100. The summed E-state index contributed by atoms with van der Waals surface area (Å²) in [5.74, 6) is 0.650. The fourth-order valence-corrected chi connectivity index (χ4v) is 1.16. The number of hydrogen-bond acceptors (Lipinski definition) is 3. The Morgan fingerprint density at radius 1 is 1.82 bits per heavy atom. The minimum Gasteiger partial charge on any atom is -0.369 e. The predicted molar refractivity (Wildman–Crippen MR) is 51.7 cm³/mol. The number of aromatic nitrogens is 2. The molecule has 4 nitrogen and oxygen atoms in total. The van der Waals surface area contributed by atoms with E-state index in [0.717, 1.165) is 6.54 Å². The first-order chi connectivity index (χ1) is 5.25. The molecule has 1 aromatic rings. The molecule has 0 unspecified atom stereocenters. The van der Waals surface area contributed by atoms with E-state index >= 15 is 0 Å². The maximum absolute atomic E-state index is 11.0. The van der Waals surface area contributed by atoms with Gasteiger partial charge in [0.2, 0.25) is 0 Å². The van der Waals surface area contributed by atoms with Crippen molar-refractivity contribution in [2.75, 3.05) is 11.9 Å². The second kappa shape index (κ2) is 3.70. The van der Waals surface area contributed by atoms with E-state index in [4.69, 9.17) is 0 Å². The van der Waals surface area contributed by atoms with Crippen LogP contribution in [0, 0.1) is 3.57 Å². The summed E-state index contributed by atoms with van der Waals surface area (Å²) in [5, 5.41) is 2.98. The molecule has 0 aliphatic carbocycles. The molecule has 0 aromatic carbocycles. The Morgan fingerprint density at radius 3 is 3.18 bits per heavy atom. The van der Waals surface area contributed by atoms with Crippen LogP contribution in [0.15, 0.2) is 11.1 Å². The molecule has 1 aromatic heterocycles. The Morgan fingerprint density at radius 2 is 2.55 bits per heavy atom. The number of nitrogens with zero attached hydrogens (tertiary/aromatic N) is 1. The van der Waals surface area contributed by atoms with E-state index in [1.165, 1.54) is 6.33 Å². The molecule has 0 aliphatic heterocycles. The molecule has 0 saturated heterocycles. The zero-order valence-corrected chi connectivity index (χ0v) is 8.18. The predicted octanol–water partition coefficient (Wildman–Crippen LogP) is 0.806. The number of nitrogens with one attached hydrogen (secondary N) is 2. The lowest BCUT2D eigenvalue weighted by Crippen LogP contribution is -2.14. The van der Waals surface area contributed by atoms with E-state index in [2.05, 4.69) is 15.3 Å². The molecule has 0 bridgehead atoms. The van der Waals surface area contributed by atoms with Gasteiger partial charge in [0.1, 0.15) is 9.39 Å². The molecule has 2 N–H and O–H groups in total. The van der Waals surface area contributed by atoms with Gasteiger partial charge in [-0.05, 0) is 29.5 Å². The van der Waals surface area contributed by atoms with E-state index < -0.39 is 0 Å². The maximum Gasteiger partial charge on any atom is 0.266 e. The minimum absolute atomic E-state index is 0.100. The van der Waals surface area contributed by atoms with E-state index in [1.54, 1.807) is 0 Å². The monoisotopic (exact) mass is 265 g/mol. The number of H-pyrrole nitrogens is 1. The number of hydrogen-bond donors (Lipinski definition) is 2. The highest BCUT2D eigenvalue weighted by Gasteiger charge is 2.01. The van der Waals surface area contributed by atoms with Gasteiger partial charge in [-0.2, -0.15) is 0 Å². The summed E-state index contributed by atoms with van der Waals surface area (Å²) in [7, 11) is 0. The highest BCUT2D eigenvalue weighted by molar-refractivity contribution is 14.1. The SMILES string of the molecule is CCNc1nc[nH]c(=O)c1I. The lowest BCUT2D eigenvalue weighted by Gasteiger charge is -2.01. The molecule has 0 fully saturated rings. The topological polar surface area (TPSA) is 57.8 Å². The van der Waals surface area contributed by atoms with Gasteiger partial charge in [-0.25, -0.2) is 4.98 Å². The number of rotatable bonds is 2. The first kappa shape index (κ1) is 8.51. The van der Waals surface area contributed by atoms with E-state index in [9.17, 15) is 4.79 Å². The lowest BCUT2D eigenvalue weighted by atomic mass is 10.5. The van der Waals surface area contributed by atoms with Gasteiger partial charge in [0.15, 0.2) is 0 Å². The first-order valence-corrected chi connectivity index (χ1v) is 4.30. The normalized spacial score (nSPS) is 9.64. The molecule has 0 saturated carbocycles. The average molecular weight is 265 g/mol. The zero-order valence-electron chi connectivity index (χ0n) is 6.02. The van der Waals surface area contributed by atoms with Gasteiger partial charge < -0.3 is 10.3 Å².